The highest BCUT2D eigenvalue weighted by atomic mass is 79.9. The van der Waals surface area contributed by atoms with Gasteiger partial charge >= 0.3 is 5.69 Å². The summed E-state index contributed by atoms with van der Waals surface area (Å²) in [6, 6.07) is 0. The molecule has 0 saturated carbocycles. The fraction of sp³-hybridized carbons (Fsp3) is 0.643. The molecule has 1 amide bonds. The third-order valence-electron chi connectivity index (χ3n) is 4.04. The molecule has 1 aromatic heterocycles. The molecule has 8 heteroatoms. The minimum absolute atomic E-state index is 0.0462. The Kier molecular flexibility index (Phi) is 5.96. The topological polar surface area (TPSA) is 87.2 Å². The number of carbonyl (C=O) groups is 1. The zero-order chi connectivity index (χ0) is 16.1. The molecule has 1 saturated heterocycles. The Morgan fingerprint density at radius 3 is 2.73 bits per heavy atom. The number of piperidine rings is 1. The second-order valence-electron chi connectivity index (χ2n) is 5.58. The van der Waals surface area contributed by atoms with E-state index in [4.69, 9.17) is 0 Å². The van der Waals surface area contributed by atoms with Gasteiger partial charge < -0.3 is 10.2 Å². The molecule has 1 fully saturated rings. The Balaban J connectivity index is 1.93. The Hall–Kier alpha value is -1.41. The van der Waals surface area contributed by atoms with Crippen molar-refractivity contribution in [2.45, 2.75) is 25.8 Å². The fourth-order valence-corrected chi connectivity index (χ4v) is 3.01. The third-order valence-corrected chi connectivity index (χ3v) is 4.61. The second-order valence-corrected chi connectivity index (χ2v) is 6.43. The molecular weight excluding hydrogens is 352 g/mol. The number of carbonyl (C=O) groups excluding carboxylic acids is 1. The van der Waals surface area contributed by atoms with E-state index in [1.54, 1.807) is 4.90 Å². The number of rotatable bonds is 5. The lowest BCUT2D eigenvalue weighted by Crippen LogP contribution is -2.42. The molecule has 0 spiro atoms. The number of nitrogens with zero attached hydrogens (tertiary/aromatic N) is 2. The SMILES string of the molecule is CNCCC1CCN(C(=O)Cn2cc(Br)c(=O)[nH]c2=O)CC1. The maximum absolute atomic E-state index is 12.3. The van der Waals surface area contributed by atoms with Crippen molar-refractivity contribution in [3.63, 3.8) is 0 Å². The van der Waals surface area contributed by atoms with Gasteiger partial charge in [0.2, 0.25) is 5.91 Å². The molecular formula is C14H21BrN4O3. The van der Waals surface area contributed by atoms with E-state index in [9.17, 15) is 14.4 Å². The summed E-state index contributed by atoms with van der Waals surface area (Å²) in [6.45, 7) is 2.41. The fourth-order valence-electron chi connectivity index (χ4n) is 2.67. The molecule has 0 atom stereocenters. The lowest BCUT2D eigenvalue weighted by atomic mass is 9.93. The first-order chi connectivity index (χ1) is 10.5. The van der Waals surface area contributed by atoms with Gasteiger partial charge in [-0.15, -0.1) is 0 Å². The lowest BCUT2D eigenvalue weighted by molar-refractivity contribution is -0.133. The first kappa shape index (κ1) is 17.0. The van der Waals surface area contributed by atoms with Crippen molar-refractivity contribution in [3.05, 3.63) is 31.5 Å². The van der Waals surface area contributed by atoms with E-state index in [2.05, 4.69) is 26.2 Å². The zero-order valence-corrected chi connectivity index (χ0v) is 14.2. The minimum Gasteiger partial charge on any atom is -0.341 e. The van der Waals surface area contributed by atoms with Crippen molar-refractivity contribution in [2.24, 2.45) is 5.92 Å². The van der Waals surface area contributed by atoms with Gasteiger partial charge in [0.15, 0.2) is 0 Å². The molecule has 0 aliphatic carbocycles. The predicted octanol–water partition coefficient (Wildman–Crippen LogP) is 0.147. The van der Waals surface area contributed by atoms with E-state index >= 15 is 0 Å². The number of nitrogens with one attached hydrogen (secondary N) is 2. The molecule has 122 valence electrons. The van der Waals surface area contributed by atoms with Gasteiger partial charge in [-0.3, -0.25) is 19.1 Å². The Morgan fingerprint density at radius 1 is 1.41 bits per heavy atom. The summed E-state index contributed by atoms with van der Waals surface area (Å²) in [5, 5.41) is 3.15. The maximum atomic E-state index is 12.3. The summed E-state index contributed by atoms with van der Waals surface area (Å²) in [7, 11) is 1.94. The smallest absolute Gasteiger partial charge is 0.328 e. The van der Waals surface area contributed by atoms with Crippen molar-refractivity contribution < 1.29 is 4.79 Å². The van der Waals surface area contributed by atoms with E-state index in [0.717, 1.165) is 38.9 Å². The quantitative estimate of drug-likeness (QED) is 0.769. The lowest BCUT2D eigenvalue weighted by Gasteiger charge is -2.32. The van der Waals surface area contributed by atoms with Gasteiger partial charge in [0, 0.05) is 19.3 Å². The van der Waals surface area contributed by atoms with E-state index < -0.39 is 11.2 Å². The number of aromatic nitrogens is 2. The monoisotopic (exact) mass is 372 g/mol. The van der Waals surface area contributed by atoms with Gasteiger partial charge in [-0.25, -0.2) is 4.79 Å². The van der Waals surface area contributed by atoms with Crippen LogP contribution in [0.5, 0.6) is 0 Å². The molecule has 2 N–H and O–H groups in total. The van der Waals surface area contributed by atoms with Crippen LogP contribution in [-0.2, 0) is 11.3 Å². The van der Waals surface area contributed by atoms with Crippen molar-refractivity contribution in [3.8, 4) is 0 Å². The van der Waals surface area contributed by atoms with Gasteiger partial charge in [-0.05, 0) is 54.7 Å². The molecule has 7 nitrogen and oxygen atoms in total. The van der Waals surface area contributed by atoms with Gasteiger partial charge in [0.1, 0.15) is 6.54 Å². The number of H-pyrrole nitrogens is 1. The molecule has 0 unspecified atom stereocenters. The highest BCUT2D eigenvalue weighted by molar-refractivity contribution is 9.10. The Bertz CT molecular complexity index is 632. The summed E-state index contributed by atoms with van der Waals surface area (Å²) in [5.41, 5.74) is -1.05. The molecule has 1 aromatic rings. The normalized spacial score (nSPS) is 16.0. The summed E-state index contributed by atoms with van der Waals surface area (Å²) in [5.74, 6) is 0.564. The first-order valence-electron chi connectivity index (χ1n) is 7.43. The van der Waals surface area contributed by atoms with Crippen molar-refractivity contribution in [1.82, 2.24) is 19.8 Å². The van der Waals surface area contributed by atoms with Crippen LogP contribution in [0.15, 0.2) is 20.3 Å². The molecule has 1 aliphatic heterocycles. The van der Waals surface area contributed by atoms with Crippen LogP contribution in [0.1, 0.15) is 19.3 Å². The highest BCUT2D eigenvalue weighted by Crippen LogP contribution is 2.20. The predicted molar refractivity (Wildman–Crippen MR) is 86.9 cm³/mol. The molecule has 2 rings (SSSR count). The molecule has 0 radical (unpaired) electrons. The van der Waals surface area contributed by atoms with Crippen LogP contribution in [0.2, 0.25) is 0 Å². The summed E-state index contributed by atoms with van der Waals surface area (Å²) >= 11 is 3.06. The summed E-state index contributed by atoms with van der Waals surface area (Å²) in [4.78, 5) is 39.2. The summed E-state index contributed by atoms with van der Waals surface area (Å²) < 4.78 is 1.46. The van der Waals surface area contributed by atoms with Crippen molar-refractivity contribution in [1.29, 1.82) is 0 Å². The number of hydrogen-bond acceptors (Lipinski definition) is 4. The van der Waals surface area contributed by atoms with Crippen LogP contribution in [0.4, 0.5) is 0 Å². The van der Waals surface area contributed by atoms with Gasteiger partial charge in [0.05, 0.1) is 4.47 Å². The number of amides is 1. The number of hydrogen-bond donors (Lipinski definition) is 2. The standard InChI is InChI=1S/C14H21BrN4O3/c1-16-5-2-10-3-6-18(7-4-10)12(20)9-19-8-11(15)13(21)17-14(19)22/h8,10,16H,2-7,9H2,1H3,(H,17,21,22). The number of likely N-dealkylation sites (tertiary alicyclic amines) is 1. The van der Waals surface area contributed by atoms with Gasteiger partial charge in [-0.1, -0.05) is 0 Å². The van der Waals surface area contributed by atoms with E-state index in [1.165, 1.54) is 10.8 Å². The van der Waals surface area contributed by atoms with Crippen LogP contribution in [0.3, 0.4) is 0 Å². The summed E-state index contributed by atoms with van der Waals surface area (Å²) in [6.07, 6.45) is 4.48. The third kappa shape index (κ3) is 4.30. The average molecular weight is 373 g/mol. The Labute approximate surface area is 136 Å². The number of halogens is 1. The molecule has 0 bridgehead atoms. The maximum Gasteiger partial charge on any atom is 0.328 e. The number of aromatic amines is 1. The van der Waals surface area contributed by atoms with Crippen LogP contribution in [0.25, 0.3) is 0 Å². The van der Waals surface area contributed by atoms with Crippen LogP contribution < -0.4 is 16.6 Å². The highest BCUT2D eigenvalue weighted by Gasteiger charge is 2.22. The van der Waals surface area contributed by atoms with Crippen molar-refractivity contribution >= 4 is 21.8 Å². The average Bonchev–Trinajstić information content (AvgIpc) is 2.51. The minimum atomic E-state index is -0.564. The van der Waals surface area contributed by atoms with Crippen LogP contribution in [0, 0.1) is 5.92 Å². The molecule has 2 heterocycles. The van der Waals surface area contributed by atoms with Crippen molar-refractivity contribution in [2.75, 3.05) is 26.7 Å². The van der Waals surface area contributed by atoms with Gasteiger partial charge in [0.25, 0.3) is 5.56 Å². The van der Waals surface area contributed by atoms with E-state index in [-0.39, 0.29) is 16.9 Å². The van der Waals surface area contributed by atoms with E-state index in [0.29, 0.717) is 5.92 Å². The zero-order valence-electron chi connectivity index (χ0n) is 12.6. The van der Waals surface area contributed by atoms with E-state index in [1.807, 2.05) is 7.05 Å². The second kappa shape index (κ2) is 7.73. The molecule has 1 aliphatic rings. The van der Waals surface area contributed by atoms with Gasteiger partial charge in [-0.2, -0.15) is 0 Å². The largest absolute Gasteiger partial charge is 0.341 e. The molecule has 22 heavy (non-hydrogen) atoms. The molecule has 0 aromatic carbocycles. The Morgan fingerprint density at radius 2 is 2.09 bits per heavy atom. The first-order valence-corrected chi connectivity index (χ1v) is 8.22. The van der Waals surface area contributed by atoms with Crippen LogP contribution in [-0.4, -0.2) is 47.0 Å². The van der Waals surface area contributed by atoms with Crippen LogP contribution >= 0.6 is 15.9 Å².